The lowest BCUT2D eigenvalue weighted by atomic mass is 9.67. The summed E-state index contributed by atoms with van der Waals surface area (Å²) in [5, 5.41) is 2.60. The Hall–Kier alpha value is -1.92. The molecule has 126 valence electrons. The molecule has 1 aromatic rings. The Balaban J connectivity index is 1.66. The van der Waals surface area contributed by atoms with Crippen molar-refractivity contribution in [1.29, 1.82) is 0 Å². The summed E-state index contributed by atoms with van der Waals surface area (Å²) in [6, 6.07) is 6.60. The smallest absolute Gasteiger partial charge is 0.194 e. The Morgan fingerprint density at radius 3 is 2.83 bits per heavy atom. The average Bonchev–Trinajstić information content (AvgIpc) is 3.00. The van der Waals surface area contributed by atoms with Crippen molar-refractivity contribution in [3.63, 3.8) is 0 Å². The fourth-order valence-corrected chi connectivity index (χ4v) is 5.54. The van der Waals surface area contributed by atoms with E-state index in [0.29, 0.717) is 23.6 Å². The molecule has 3 aliphatic rings. The number of aliphatic imine (C=N–C) groups is 1. The Morgan fingerprint density at radius 1 is 1.29 bits per heavy atom. The first-order valence-corrected chi connectivity index (χ1v) is 9.67. The average molecular weight is 344 g/mol. The second-order valence-corrected chi connectivity index (χ2v) is 8.62. The lowest BCUT2D eigenvalue weighted by Crippen LogP contribution is -2.51. The van der Waals surface area contributed by atoms with E-state index in [9.17, 15) is 8.42 Å². The molecule has 24 heavy (non-hydrogen) atoms. The summed E-state index contributed by atoms with van der Waals surface area (Å²) in [6.45, 7) is 0.570. The second-order valence-electron chi connectivity index (χ2n) is 6.49. The van der Waals surface area contributed by atoms with Crippen LogP contribution in [0.1, 0.15) is 19.3 Å². The highest BCUT2D eigenvalue weighted by Gasteiger charge is 2.49. The highest BCUT2D eigenvalue weighted by Crippen LogP contribution is 2.48. The van der Waals surface area contributed by atoms with Crippen LogP contribution in [0.4, 0.5) is 0 Å². The van der Waals surface area contributed by atoms with E-state index >= 15 is 0 Å². The largest absolute Gasteiger partial charge is 0.497 e. The first-order chi connectivity index (χ1) is 11.6. The predicted molar refractivity (Wildman–Crippen MR) is 92.9 cm³/mol. The van der Waals surface area contributed by atoms with Gasteiger partial charge in [0, 0.05) is 18.2 Å². The second kappa shape index (κ2) is 5.57. The number of methoxy groups -OCH3 is 1. The third kappa shape index (κ3) is 2.24. The van der Waals surface area contributed by atoms with E-state index in [0.717, 1.165) is 18.6 Å². The van der Waals surface area contributed by atoms with Gasteiger partial charge < -0.3 is 4.74 Å². The molecule has 1 aromatic carbocycles. The summed E-state index contributed by atoms with van der Waals surface area (Å²) in [7, 11) is -1.89. The van der Waals surface area contributed by atoms with Crippen LogP contribution < -0.4 is 10.1 Å². The molecule has 4 rings (SSSR count). The van der Waals surface area contributed by atoms with Crippen LogP contribution in [0, 0.1) is 5.41 Å². The van der Waals surface area contributed by atoms with E-state index in [-0.39, 0.29) is 5.41 Å². The number of sulfone groups is 1. The van der Waals surface area contributed by atoms with Gasteiger partial charge in [0.2, 0.25) is 0 Å². The van der Waals surface area contributed by atoms with Gasteiger partial charge in [-0.15, -0.1) is 0 Å². The molecule has 0 aromatic heterocycles. The normalized spacial score (nSPS) is 28.6. The number of ether oxygens (including phenoxy) is 1. The maximum Gasteiger partial charge on any atom is 0.194 e. The van der Waals surface area contributed by atoms with Crippen molar-refractivity contribution in [3.8, 4) is 5.75 Å². The monoisotopic (exact) mass is 344 g/mol. The fourth-order valence-electron chi connectivity index (χ4n) is 3.89. The van der Waals surface area contributed by atoms with Crippen LogP contribution in [0.3, 0.4) is 0 Å². The van der Waals surface area contributed by atoms with Gasteiger partial charge in [-0.25, -0.2) is 8.42 Å². The molecular formula is C18H20N2O3S. The molecule has 5 nitrogen and oxygen atoms in total. The third-order valence-corrected chi connectivity index (χ3v) is 7.31. The van der Waals surface area contributed by atoms with E-state index in [1.165, 1.54) is 5.57 Å². The minimum atomic E-state index is -3.45. The zero-order valence-corrected chi connectivity index (χ0v) is 14.3. The van der Waals surface area contributed by atoms with E-state index in [2.05, 4.69) is 22.5 Å². The molecule has 2 heterocycles. The highest BCUT2D eigenvalue weighted by molar-refractivity contribution is 7.92. The van der Waals surface area contributed by atoms with Crippen molar-refractivity contribution in [1.82, 2.24) is 5.32 Å². The summed E-state index contributed by atoms with van der Waals surface area (Å²) in [5.74, 6) is 0.650. The van der Waals surface area contributed by atoms with Crippen LogP contribution in [0.5, 0.6) is 5.75 Å². The van der Waals surface area contributed by atoms with Gasteiger partial charge in [-0.1, -0.05) is 6.08 Å². The van der Waals surface area contributed by atoms with Gasteiger partial charge in [0.25, 0.3) is 0 Å². The lowest BCUT2D eigenvalue weighted by Gasteiger charge is -2.42. The van der Waals surface area contributed by atoms with Gasteiger partial charge in [0.05, 0.1) is 17.7 Å². The number of nitrogens with zero attached hydrogens (tertiary/aromatic N) is 1. The molecule has 1 unspecified atom stereocenters. The van der Waals surface area contributed by atoms with Crippen molar-refractivity contribution in [2.45, 2.75) is 29.5 Å². The molecule has 2 atom stereocenters. The van der Waals surface area contributed by atoms with Gasteiger partial charge in [0.1, 0.15) is 11.1 Å². The van der Waals surface area contributed by atoms with Gasteiger partial charge in [-0.05, 0) is 55.2 Å². The zero-order chi connectivity index (χ0) is 16.8. The minimum Gasteiger partial charge on any atom is -0.497 e. The molecule has 0 saturated carbocycles. The topological polar surface area (TPSA) is 67.8 Å². The quantitative estimate of drug-likeness (QED) is 0.915. The summed E-state index contributed by atoms with van der Waals surface area (Å²) in [6.07, 6.45) is 8.52. The lowest BCUT2D eigenvalue weighted by molar-refractivity contribution is 0.344. The third-order valence-electron chi connectivity index (χ3n) is 5.29. The van der Waals surface area contributed by atoms with Crippen molar-refractivity contribution >= 4 is 15.5 Å². The molecule has 0 amide bonds. The molecule has 2 aliphatic heterocycles. The van der Waals surface area contributed by atoms with E-state index in [4.69, 9.17) is 4.74 Å². The van der Waals surface area contributed by atoms with Crippen molar-refractivity contribution < 1.29 is 13.2 Å². The number of benzene rings is 1. The highest BCUT2D eigenvalue weighted by atomic mass is 32.2. The zero-order valence-electron chi connectivity index (χ0n) is 13.5. The molecule has 0 radical (unpaired) electrons. The van der Waals surface area contributed by atoms with Gasteiger partial charge in [-0.3, -0.25) is 10.3 Å². The maximum absolute atomic E-state index is 13.1. The molecule has 1 aliphatic carbocycles. The van der Waals surface area contributed by atoms with E-state index in [1.807, 2.05) is 6.20 Å². The fraction of sp³-hybridized carbons (Fsp3) is 0.389. The van der Waals surface area contributed by atoms with Crippen LogP contribution in [-0.2, 0) is 9.84 Å². The van der Waals surface area contributed by atoms with Crippen molar-refractivity contribution in [2.75, 3.05) is 13.7 Å². The Morgan fingerprint density at radius 2 is 2.08 bits per heavy atom. The summed E-state index contributed by atoms with van der Waals surface area (Å²) < 4.78 is 31.2. The molecule has 1 spiro atoms. The van der Waals surface area contributed by atoms with E-state index < -0.39 is 15.2 Å². The van der Waals surface area contributed by atoms with Crippen molar-refractivity contribution in [3.05, 3.63) is 48.2 Å². The number of nitrogens with one attached hydrogen (secondary N) is 1. The number of hydrogen-bond acceptors (Lipinski definition) is 5. The SMILES string of the molecule is COc1ccc(S(=O)(=O)[C@@H]2CC34CCC=CC3=NC=C4CN2)cc1. The van der Waals surface area contributed by atoms with Crippen LogP contribution >= 0.6 is 0 Å². The van der Waals surface area contributed by atoms with E-state index in [1.54, 1.807) is 31.4 Å². The molecule has 0 bridgehead atoms. The number of allylic oxidation sites excluding steroid dienone is 2. The number of rotatable bonds is 3. The van der Waals surface area contributed by atoms with Crippen LogP contribution in [0.2, 0.25) is 0 Å². The van der Waals surface area contributed by atoms with Crippen LogP contribution in [-0.4, -0.2) is 33.2 Å². The summed E-state index contributed by atoms with van der Waals surface area (Å²) in [5.41, 5.74) is 2.02. The molecule has 1 fully saturated rings. The molecular weight excluding hydrogens is 324 g/mol. The first-order valence-electron chi connectivity index (χ1n) is 8.12. The van der Waals surface area contributed by atoms with Gasteiger partial charge in [0.15, 0.2) is 9.84 Å². The first kappa shape index (κ1) is 15.6. The van der Waals surface area contributed by atoms with Crippen LogP contribution in [0.15, 0.2) is 58.1 Å². The number of piperidine rings is 1. The Kier molecular flexibility index (Phi) is 3.62. The maximum atomic E-state index is 13.1. The molecule has 1 saturated heterocycles. The molecule has 6 heteroatoms. The summed E-state index contributed by atoms with van der Waals surface area (Å²) in [4.78, 5) is 4.85. The predicted octanol–water partition coefficient (Wildman–Crippen LogP) is 2.46. The van der Waals surface area contributed by atoms with Crippen molar-refractivity contribution in [2.24, 2.45) is 10.4 Å². The molecule has 1 N–H and O–H groups in total. The standard InChI is InChI=1S/C18H20N2O3S/c1-23-14-5-7-15(8-6-14)24(21,22)17-10-18-9-3-2-4-16(18)19-11-13(18)12-20-17/h2,4-8,11,17,20H,3,9-10,12H2,1H3/t17-,18?/m1/s1. The Bertz CT molecular complexity index is 853. The Labute approximate surface area is 142 Å². The minimum absolute atomic E-state index is 0.204. The van der Waals surface area contributed by atoms with Crippen LogP contribution in [0.25, 0.3) is 0 Å². The van der Waals surface area contributed by atoms with Gasteiger partial charge >= 0.3 is 0 Å². The number of hydrogen-bond donors (Lipinski definition) is 1. The summed E-state index contributed by atoms with van der Waals surface area (Å²) >= 11 is 0. The van der Waals surface area contributed by atoms with Gasteiger partial charge in [-0.2, -0.15) is 0 Å².